The first-order chi connectivity index (χ1) is 19.9. The van der Waals surface area contributed by atoms with E-state index in [1.165, 1.54) is 12.5 Å². The van der Waals surface area contributed by atoms with Crippen LogP contribution in [-0.4, -0.2) is 72.4 Å². The molecule has 3 saturated carbocycles. The van der Waals surface area contributed by atoms with Gasteiger partial charge in [-0.15, -0.1) is 0 Å². The Morgan fingerprint density at radius 1 is 1.24 bits per heavy atom. The average molecular weight is 586 g/mol. The highest BCUT2D eigenvalue weighted by atomic mass is 19.1. The number of benzene rings is 1. The van der Waals surface area contributed by atoms with Crippen molar-refractivity contribution in [3.05, 3.63) is 23.5 Å². The summed E-state index contributed by atoms with van der Waals surface area (Å²) in [6, 6.07) is 3.05. The Labute approximate surface area is 248 Å². The van der Waals surface area contributed by atoms with E-state index in [2.05, 4.69) is 32.6 Å². The van der Waals surface area contributed by atoms with E-state index in [9.17, 15) is 19.7 Å². The molecule has 1 aromatic rings. The van der Waals surface area contributed by atoms with Crippen LogP contribution in [0.25, 0.3) is 0 Å². The molecule has 3 aliphatic carbocycles. The van der Waals surface area contributed by atoms with E-state index < -0.39 is 48.5 Å². The summed E-state index contributed by atoms with van der Waals surface area (Å²) in [4.78, 5) is 29.5. The number of fused-ring (bicyclic) bond motifs is 1. The van der Waals surface area contributed by atoms with Crippen molar-refractivity contribution in [3.63, 3.8) is 0 Å². The molecule has 2 bridgehead atoms. The van der Waals surface area contributed by atoms with Gasteiger partial charge in [0.15, 0.2) is 18.2 Å². The van der Waals surface area contributed by atoms with Crippen LogP contribution in [0.15, 0.2) is 12.1 Å². The first-order valence-corrected chi connectivity index (χ1v) is 15.8. The topological polar surface area (TPSA) is 106 Å². The van der Waals surface area contributed by atoms with Gasteiger partial charge in [0.1, 0.15) is 11.9 Å². The van der Waals surface area contributed by atoms with E-state index in [1.807, 2.05) is 0 Å². The molecule has 2 aliphatic heterocycles. The molecule has 0 amide bonds. The van der Waals surface area contributed by atoms with Crippen LogP contribution in [0.3, 0.4) is 0 Å². The van der Waals surface area contributed by atoms with Gasteiger partial charge in [0.05, 0.1) is 12.7 Å². The van der Waals surface area contributed by atoms with Crippen LogP contribution in [0.2, 0.25) is 0 Å². The molecular weight excluding hydrogens is 540 g/mol. The maximum Gasteiger partial charge on any atom is 0.494 e. The van der Waals surface area contributed by atoms with Crippen LogP contribution >= 0.6 is 0 Å². The van der Waals surface area contributed by atoms with Crippen molar-refractivity contribution in [3.8, 4) is 5.75 Å². The molecule has 42 heavy (non-hydrogen) atoms. The third-order valence-electron chi connectivity index (χ3n) is 12.3. The van der Waals surface area contributed by atoms with E-state index in [-0.39, 0.29) is 46.8 Å². The number of hydrogen-bond acceptors (Lipinski definition) is 8. The predicted molar refractivity (Wildman–Crippen MR) is 154 cm³/mol. The second kappa shape index (κ2) is 10.9. The van der Waals surface area contributed by atoms with Crippen LogP contribution in [0.5, 0.6) is 5.75 Å². The molecule has 0 aromatic heterocycles. The first kappa shape index (κ1) is 30.0. The van der Waals surface area contributed by atoms with Gasteiger partial charge in [0.2, 0.25) is 0 Å². The lowest BCUT2D eigenvalue weighted by Crippen LogP contribution is -2.63. The summed E-state index contributed by atoms with van der Waals surface area (Å²) in [6.07, 6.45) is 4.18. The van der Waals surface area contributed by atoms with Gasteiger partial charge in [-0.05, 0) is 92.5 Å². The second-order valence-corrected chi connectivity index (χ2v) is 14.4. The van der Waals surface area contributed by atoms with E-state index in [1.54, 1.807) is 6.07 Å². The summed E-state index contributed by atoms with van der Waals surface area (Å²) in [6.45, 7) is 11.2. The molecule has 1 aromatic carbocycles. The normalized spacial score (nSPS) is 39.6. The van der Waals surface area contributed by atoms with Gasteiger partial charge in [-0.25, -0.2) is 9.18 Å². The van der Waals surface area contributed by atoms with Gasteiger partial charge >= 0.3 is 13.1 Å². The molecule has 0 radical (unpaired) electrons. The van der Waals surface area contributed by atoms with Crippen molar-refractivity contribution >= 4 is 24.3 Å². The number of rotatable bonds is 7. The number of ether oxygens (including phenoxy) is 2. The van der Waals surface area contributed by atoms with Gasteiger partial charge < -0.3 is 29.2 Å². The fraction of sp³-hybridized carbons (Fsp3) is 0.750. The van der Waals surface area contributed by atoms with Crippen LogP contribution in [0.4, 0.5) is 4.39 Å². The van der Waals surface area contributed by atoms with Crippen molar-refractivity contribution in [2.24, 2.45) is 34.0 Å². The van der Waals surface area contributed by atoms with Crippen LogP contribution < -0.4 is 10.2 Å². The molecule has 2 heterocycles. The minimum Gasteiger partial charge on any atom is -0.479 e. The fourth-order valence-corrected chi connectivity index (χ4v) is 9.32. The van der Waals surface area contributed by atoms with Crippen LogP contribution in [0.1, 0.15) is 78.2 Å². The van der Waals surface area contributed by atoms with Crippen LogP contribution in [0, 0.1) is 39.8 Å². The molecule has 10 heteroatoms. The van der Waals surface area contributed by atoms with Gasteiger partial charge in [-0.2, -0.15) is 0 Å². The van der Waals surface area contributed by atoms with E-state index in [4.69, 9.17) is 14.1 Å². The van der Waals surface area contributed by atoms with E-state index >= 15 is 4.39 Å². The molecular formula is C32H45BFNO7. The number of halogens is 1. The number of Topliss-reactive ketones (excluding diaryl/α,β-unsaturated/α-hetero) is 1. The maximum atomic E-state index is 15.1. The molecule has 6 rings (SSSR count). The Morgan fingerprint density at radius 3 is 2.71 bits per heavy atom. The van der Waals surface area contributed by atoms with E-state index in [0.717, 1.165) is 45.3 Å². The zero-order chi connectivity index (χ0) is 30.0. The van der Waals surface area contributed by atoms with E-state index in [0.29, 0.717) is 18.4 Å². The summed E-state index contributed by atoms with van der Waals surface area (Å²) in [5, 5.41) is 22.0. The number of carbonyl (C=O) groups excluding carboxylic acids is 2. The average Bonchev–Trinajstić information content (AvgIpc) is 3.49. The third-order valence-corrected chi connectivity index (χ3v) is 12.3. The minimum absolute atomic E-state index is 0.0292. The molecule has 1 saturated heterocycles. The minimum atomic E-state index is -1.37. The van der Waals surface area contributed by atoms with Crippen LogP contribution in [-0.2, 0) is 25.6 Å². The largest absolute Gasteiger partial charge is 0.494 e. The lowest BCUT2D eigenvalue weighted by atomic mass is 9.43. The SMILES string of the molecule is C[C@@H]1CC[C@@]23CCC(=O)[C@H]2[C@]1(C)[C@H](OC(=O)COc1ccc2c(c1F)B(O)OC2)C[C@@](C)(CCN1CCC1)[C@@H](O)[C@@H]3C. The van der Waals surface area contributed by atoms with Gasteiger partial charge in [0.25, 0.3) is 0 Å². The number of aliphatic hydroxyl groups is 1. The van der Waals surface area contributed by atoms with Crippen molar-refractivity contribution in [1.82, 2.24) is 4.90 Å². The second-order valence-electron chi connectivity index (χ2n) is 14.4. The van der Waals surface area contributed by atoms with Crippen molar-refractivity contribution < 1.29 is 38.2 Å². The van der Waals surface area contributed by atoms with Crippen molar-refractivity contribution in [1.29, 1.82) is 0 Å². The summed E-state index contributed by atoms with van der Waals surface area (Å²) in [5.74, 6) is -1.54. The third kappa shape index (κ3) is 4.63. The number of hydrogen-bond donors (Lipinski definition) is 2. The number of carbonyl (C=O) groups is 2. The zero-order valence-electron chi connectivity index (χ0n) is 25.4. The summed E-state index contributed by atoms with van der Waals surface area (Å²) < 4.78 is 32.1. The predicted octanol–water partition coefficient (Wildman–Crippen LogP) is 3.24. The Balaban J connectivity index is 1.29. The Morgan fingerprint density at radius 2 is 2.00 bits per heavy atom. The summed E-state index contributed by atoms with van der Waals surface area (Å²) >= 11 is 0. The molecule has 2 N–H and O–H groups in total. The van der Waals surface area contributed by atoms with Gasteiger partial charge in [-0.1, -0.05) is 33.8 Å². The van der Waals surface area contributed by atoms with Gasteiger partial charge in [-0.3, -0.25) is 4.79 Å². The Bertz CT molecular complexity index is 1240. The lowest BCUT2D eigenvalue weighted by Gasteiger charge is -2.62. The van der Waals surface area contributed by atoms with Crippen molar-refractivity contribution in [2.75, 3.05) is 26.2 Å². The smallest absolute Gasteiger partial charge is 0.479 e. The van der Waals surface area contributed by atoms with Gasteiger partial charge in [0, 0.05) is 23.2 Å². The molecule has 0 spiro atoms. The molecule has 230 valence electrons. The zero-order valence-corrected chi connectivity index (χ0v) is 25.4. The molecule has 8 atom stereocenters. The highest BCUT2D eigenvalue weighted by Gasteiger charge is 2.68. The molecule has 0 unspecified atom stereocenters. The Kier molecular flexibility index (Phi) is 7.77. The van der Waals surface area contributed by atoms with Crippen molar-refractivity contribution in [2.45, 2.75) is 91.5 Å². The number of ketones is 1. The number of esters is 1. The highest BCUT2D eigenvalue weighted by molar-refractivity contribution is 6.61. The lowest BCUT2D eigenvalue weighted by molar-refractivity contribution is -0.213. The summed E-state index contributed by atoms with van der Waals surface area (Å²) in [5.41, 5.74) is -0.882. The molecule has 8 nitrogen and oxygen atoms in total. The first-order valence-electron chi connectivity index (χ1n) is 15.8. The number of aliphatic hydroxyl groups excluding tert-OH is 1. The molecule has 4 fully saturated rings. The fourth-order valence-electron chi connectivity index (χ4n) is 9.32. The monoisotopic (exact) mass is 585 g/mol. The maximum absolute atomic E-state index is 15.1. The standard InChI is InChI=1S/C32H45BFNO7/c1-19-8-10-32-11-9-22(36)28(32)31(19,4)24(16-30(3,29(38)20(32)2)12-15-35-13-5-14-35)42-25(37)18-40-23-7-6-21-17-41-33(39)26(21)27(23)34/h6-7,19-20,24,28-29,38-39H,5,8-18H2,1-4H3/t19-,20+,24-,28+,29+,30-,31+,32+/m1/s1. The quantitative estimate of drug-likeness (QED) is 0.372. The Hall–Kier alpha value is -2.01. The summed E-state index contributed by atoms with van der Waals surface area (Å²) in [7, 11) is -1.37. The highest BCUT2D eigenvalue weighted by Crippen LogP contribution is 2.68. The number of nitrogens with zero attached hydrogens (tertiary/aromatic N) is 1. The molecule has 5 aliphatic rings. The number of likely N-dealkylation sites (tertiary alicyclic amines) is 1.